The molecule has 2 atom stereocenters. The molecule has 2 N–H and O–H groups in total. The number of hydrogen-bond donors (Lipinski definition) is 2. The van der Waals surface area contributed by atoms with Crippen molar-refractivity contribution in [2.24, 2.45) is 0 Å². The average Bonchev–Trinajstić information content (AvgIpc) is 2.64. The number of nitrogens with one attached hydrogen (secondary N) is 1. The van der Waals surface area contributed by atoms with Crippen LogP contribution in [0, 0.1) is 13.8 Å². The lowest BCUT2D eigenvalue weighted by atomic mass is 10.0. The van der Waals surface area contributed by atoms with Crippen LogP contribution in [-0.2, 0) is 21.1 Å². The summed E-state index contributed by atoms with van der Waals surface area (Å²) in [7, 11) is -3.23. The van der Waals surface area contributed by atoms with Gasteiger partial charge in [0.05, 0.1) is 23.7 Å². The molecule has 1 saturated heterocycles. The highest BCUT2D eigenvalue weighted by Gasteiger charge is 2.37. The van der Waals surface area contributed by atoms with Crippen LogP contribution in [-0.4, -0.2) is 43.1 Å². The molecule has 1 aromatic rings. The highest BCUT2D eigenvalue weighted by Crippen LogP contribution is 2.14. The molecule has 21 heavy (non-hydrogen) atoms. The standard InChI is InChI=1S/C15H21NO4S/c1-10-3-4-12(7-11(10)2)5-6-15(18)16-13-8-21(19,20)9-14(13)17/h3-4,7,13-14,17H,5-6,8-9H2,1-2H3,(H,16,18)/t13-,14-/m1/s1. The Morgan fingerprint density at radius 2 is 2.00 bits per heavy atom. The number of aliphatic hydroxyl groups excluding tert-OH is 1. The quantitative estimate of drug-likeness (QED) is 0.849. The maximum atomic E-state index is 11.9. The molecule has 2 rings (SSSR count). The maximum Gasteiger partial charge on any atom is 0.220 e. The first-order valence-corrected chi connectivity index (χ1v) is 8.83. The number of sulfone groups is 1. The summed E-state index contributed by atoms with van der Waals surface area (Å²) in [5.41, 5.74) is 3.47. The van der Waals surface area contributed by atoms with E-state index in [1.54, 1.807) is 0 Å². The second kappa shape index (κ2) is 6.15. The minimum absolute atomic E-state index is 0.177. The molecule has 0 unspecified atom stereocenters. The van der Waals surface area contributed by atoms with Gasteiger partial charge in [0.25, 0.3) is 0 Å². The Morgan fingerprint density at radius 3 is 2.57 bits per heavy atom. The van der Waals surface area contributed by atoms with Gasteiger partial charge in [-0.25, -0.2) is 8.42 Å². The van der Waals surface area contributed by atoms with Crippen LogP contribution in [0.4, 0.5) is 0 Å². The van der Waals surface area contributed by atoms with E-state index in [2.05, 4.69) is 11.4 Å². The largest absolute Gasteiger partial charge is 0.390 e. The van der Waals surface area contributed by atoms with Crippen LogP contribution in [0.5, 0.6) is 0 Å². The summed E-state index contributed by atoms with van der Waals surface area (Å²) >= 11 is 0. The second-order valence-corrected chi connectivity index (χ2v) is 7.89. The number of carbonyl (C=O) groups is 1. The van der Waals surface area contributed by atoms with Crippen molar-refractivity contribution >= 4 is 15.7 Å². The van der Waals surface area contributed by atoms with Crippen LogP contribution >= 0.6 is 0 Å². The fourth-order valence-corrected chi connectivity index (χ4v) is 4.20. The third kappa shape index (κ3) is 4.28. The molecular weight excluding hydrogens is 290 g/mol. The minimum Gasteiger partial charge on any atom is -0.390 e. The van der Waals surface area contributed by atoms with Crippen molar-refractivity contribution in [1.29, 1.82) is 0 Å². The third-order valence-electron chi connectivity index (χ3n) is 3.88. The van der Waals surface area contributed by atoms with E-state index < -0.39 is 22.0 Å². The fourth-order valence-electron chi connectivity index (χ4n) is 2.46. The van der Waals surface area contributed by atoms with Crippen molar-refractivity contribution in [3.8, 4) is 0 Å². The van der Waals surface area contributed by atoms with E-state index in [9.17, 15) is 18.3 Å². The molecule has 5 nitrogen and oxygen atoms in total. The highest BCUT2D eigenvalue weighted by molar-refractivity contribution is 7.91. The van der Waals surface area contributed by atoms with E-state index >= 15 is 0 Å². The summed E-state index contributed by atoms with van der Waals surface area (Å²) in [6.45, 7) is 4.06. The van der Waals surface area contributed by atoms with Gasteiger partial charge in [-0.05, 0) is 37.0 Å². The SMILES string of the molecule is Cc1ccc(CCC(=O)N[C@@H]2CS(=O)(=O)C[C@H]2O)cc1C. The molecule has 0 radical (unpaired) electrons. The predicted octanol–water partition coefficient (Wildman–Crippen LogP) is 0.510. The molecule has 1 aliphatic heterocycles. The summed E-state index contributed by atoms with van der Waals surface area (Å²) in [6, 6.07) is 5.39. The number of aliphatic hydroxyl groups is 1. The van der Waals surface area contributed by atoms with Crippen molar-refractivity contribution in [2.45, 2.75) is 38.8 Å². The number of hydrogen-bond acceptors (Lipinski definition) is 4. The van der Waals surface area contributed by atoms with Crippen molar-refractivity contribution in [2.75, 3.05) is 11.5 Å². The normalized spacial score (nSPS) is 24.0. The number of benzene rings is 1. The van der Waals surface area contributed by atoms with Gasteiger partial charge >= 0.3 is 0 Å². The number of rotatable bonds is 4. The van der Waals surface area contributed by atoms with Gasteiger partial charge in [-0.15, -0.1) is 0 Å². The first-order chi connectivity index (χ1) is 9.77. The van der Waals surface area contributed by atoms with Crippen molar-refractivity contribution < 1.29 is 18.3 Å². The van der Waals surface area contributed by atoms with Gasteiger partial charge in [-0.2, -0.15) is 0 Å². The number of carbonyl (C=O) groups excluding carboxylic acids is 1. The monoisotopic (exact) mass is 311 g/mol. The lowest BCUT2D eigenvalue weighted by Gasteiger charge is -2.15. The number of amides is 1. The van der Waals surface area contributed by atoms with Gasteiger partial charge in [-0.3, -0.25) is 4.79 Å². The summed E-state index contributed by atoms with van der Waals surface area (Å²) in [6.07, 6.45) is -0.116. The van der Waals surface area contributed by atoms with Gasteiger partial charge in [0.2, 0.25) is 5.91 Å². The van der Waals surface area contributed by atoms with E-state index in [0.717, 1.165) is 5.56 Å². The Kier molecular flexibility index (Phi) is 4.68. The molecule has 1 aliphatic rings. The lowest BCUT2D eigenvalue weighted by molar-refractivity contribution is -0.122. The molecule has 0 saturated carbocycles. The third-order valence-corrected chi connectivity index (χ3v) is 5.60. The van der Waals surface area contributed by atoms with Crippen LogP contribution in [0.15, 0.2) is 18.2 Å². The Balaban J connectivity index is 1.86. The van der Waals surface area contributed by atoms with Gasteiger partial charge in [0.1, 0.15) is 0 Å². The second-order valence-electron chi connectivity index (χ2n) is 5.74. The molecule has 0 spiro atoms. The number of aryl methyl sites for hydroxylation is 3. The highest BCUT2D eigenvalue weighted by atomic mass is 32.2. The van der Waals surface area contributed by atoms with E-state index in [0.29, 0.717) is 6.42 Å². The molecule has 116 valence electrons. The molecule has 1 heterocycles. The van der Waals surface area contributed by atoms with Crippen molar-refractivity contribution in [3.63, 3.8) is 0 Å². The minimum atomic E-state index is -3.23. The van der Waals surface area contributed by atoms with Crippen LogP contribution in [0.1, 0.15) is 23.1 Å². The zero-order valence-corrected chi connectivity index (χ0v) is 13.1. The van der Waals surface area contributed by atoms with Crippen LogP contribution in [0.2, 0.25) is 0 Å². The van der Waals surface area contributed by atoms with Crippen molar-refractivity contribution in [3.05, 3.63) is 34.9 Å². The Bertz CT molecular complexity index is 639. The first kappa shape index (κ1) is 16.0. The summed E-state index contributed by atoms with van der Waals surface area (Å²) < 4.78 is 22.7. The smallest absolute Gasteiger partial charge is 0.220 e. The zero-order valence-electron chi connectivity index (χ0n) is 12.3. The summed E-state index contributed by atoms with van der Waals surface area (Å²) in [4.78, 5) is 11.9. The van der Waals surface area contributed by atoms with Gasteiger partial charge in [0.15, 0.2) is 9.84 Å². The summed E-state index contributed by atoms with van der Waals surface area (Å²) in [5.74, 6) is -0.673. The Morgan fingerprint density at radius 1 is 1.29 bits per heavy atom. The van der Waals surface area contributed by atoms with E-state index in [4.69, 9.17) is 0 Å². The molecule has 1 aromatic carbocycles. The molecule has 6 heteroatoms. The van der Waals surface area contributed by atoms with E-state index in [1.807, 2.05) is 26.0 Å². The lowest BCUT2D eigenvalue weighted by Crippen LogP contribution is -2.42. The predicted molar refractivity (Wildman–Crippen MR) is 80.8 cm³/mol. The van der Waals surface area contributed by atoms with Gasteiger partial charge in [-0.1, -0.05) is 18.2 Å². The molecule has 0 aliphatic carbocycles. The van der Waals surface area contributed by atoms with E-state index in [1.165, 1.54) is 11.1 Å². The van der Waals surface area contributed by atoms with Gasteiger partial charge < -0.3 is 10.4 Å². The van der Waals surface area contributed by atoms with Crippen molar-refractivity contribution in [1.82, 2.24) is 5.32 Å². The van der Waals surface area contributed by atoms with Crippen LogP contribution in [0.3, 0.4) is 0 Å². The van der Waals surface area contributed by atoms with Crippen LogP contribution in [0.25, 0.3) is 0 Å². The fraction of sp³-hybridized carbons (Fsp3) is 0.533. The van der Waals surface area contributed by atoms with E-state index in [-0.39, 0.29) is 23.8 Å². The average molecular weight is 311 g/mol. The molecule has 1 amide bonds. The Labute approximate surface area is 125 Å². The summed E-state index contributed by atoms with van der Waals surface area (Å²) in [5, 5.41) is 12.2. The molecule has 1 fully saturated rings. The molecular formula is C15H21NO4S. The first-order valence-electron chi connectivity index (χ1n) is 7.01. The maximum absolute atomic E-state index is 11.9. The Hall–Kier alpha value is -1.40. The molecule has 0 bridgehead atoms. The molecule has 0 aromatic heterocycles. The topological polar surface area (TPSA) is 83.5 Å². The van der Waals surface area contributed by atoms with Crippen LogP contribution < -0.4 is 5.32 Å². The zero-order chi connectivity index (χ0) is 15.6. The van der Waals surface area contributed by atoms with Gasteiger partial charge in [0, 0.05) is 6.42 Å².